The largest absolute Gasteiger partial charge is 0.309 e. The summed E-state index contributed by atoms with van der Waals surface area (Å²) in [5, 5.41) is 4.95. The Morgan fingerprint density at radius 1 is 0.377 bits per heavy atom. The number of para-hydroxylation sites is 3. The molecule has 10 aromatic carbocycles. The SMILES string of the molecule is C\N=C(/N=C(\C=C\c1cccc(-c2ccc3c(c2)c2ccccc2n3-c2ccc(-c3cccc4c3c3ccccc3n4-c3ccccc3)cc2)c1)c1ccc(-c2ccccc2)cc1)c1ccccc1. The molecule has 326 valence electrons. The van der Waals surface area contributed by atoms with Gasteiger partial charge in [-0.1, -0.05) is 194 Å². The molecule has 0 aliphatic carbocycles. The van der Waals surface area contributed by atoms with Crippen molar-refractivity contribution in [1.82, 2.24) is 9.13 Å². The highest BCUT2D eigenvalue weighted by Crippen LogP contribution is 2.40. The second kappa shape index (κ2) is 17.9. The predicted octanol–water partition coefficient (Wildman–Crippen LogP) is 16.5. The zero-order valence-electron chi connectivity index (χ0n) is 38.1. The van der Waals surface area contributed by atoms with E-state index in [4.69, 9.17) is 4.99 Å². The number of aromatic nitrogens is 2. The van der Waals surface area contributed by atoms with Crippen LogP contribution in [0.5, 0.6) is 0 Å². The smallest absolute Gasteiger partial charge is 0.154 e. The standard InChI is InChI=1S/C65H46N4/c1-66-65(50-20-7-3-8-21-50)67-59(49-34-32-47(33-35-49)46-18-5-2-6-19-46)41-31-45-17-15-22-51(43-45)52-38-42-62-58(44-52)56-25-11-13-28-60(56)68(62)54-39-36-48(37-40-54)55-27-16-30-63-64(55)57-26-12-14-29-61(57)69(63)53-23-9-4-10-24-53/h2-44H,1H3/b41-31+,66-65-,67-59+. The molecule has 2 heterocycles. The van der Waals surface area contributed by atoms with Crippen molar-refractivity contribution in [1.29, 1.82) is 0 Å². The molecule has 69 heavy (non-hydrogen) atoms. The third kappa shape index (κ3) is 7.74. The van der Waals surface area contributed by atoms with Gasteiger partial charge < -0.3 is 9.13 Å². The molecule has 4 nitrogen and oxygen atoms in total. The Kier molecular flexibility index (Phi) is 10.7. The Bertz CT molecular complexity index is 3910. The normalized spacial score (nSPS) is 12.2. The third-order valence-corrected chi connectivity index (χ3v) is 13.2. The minimum absolute atomic E-state index is 0.681. The van der Waals surface area contributed by atoms with Crippen molar-refractivity contribution in [3.63, 3.8) is 0 Å². The first-order valence-corrected chi connectivity index (χ1v) is 23.5. The van der Waals surface area contributed by atoms with Gasteiger partial charge in [-0.05, 0) is 106 Å². The van der Waals surface area contributed by atoms with Gasteiger partial charge in [0.2, 0.25) is 0 Å². The summed E-state index contributed by atoms with van der Waals surface area (Å²) in [5.41, 5.74) is 18.0. The molecule has 0 aliphatic rings. The van der Waals surface area contributed by atoms with Crippen molar-refractivity contribution in [2.75, 3.05) is 7.05 Å². The molecular weight excluding hydrogens is 837 g/mol. The van der Waals surface area contributed by atoms with E-state index >= 15 is 0 Å². The molecule has 0 aliphatic heterocycles. The fraction of sp³-hybridized carbons (Fsp3) is 0.0154. The Labute approximate surface area is 401 Å². The van der Waals surface area contributed by atoms with Crippen LogP contribution < -0.4 is 0 Å². The van der Waals surface area contributed by atoms with E-state index in [0.717, 1.165) is 50.5 Å². The lowest BCUT2D eigenvalue weighted by Gasteiger charge is -2.11. The van der Waals surface area contributed by atoms with E-state index in [2.05, 4.69) is 239 Å². The maximum absolute atomic E-state index is 5.15. The van der Waals surface area contributed by atoms with Gasteiger partial charge in [0.25, 0.3) is 0 Å². The van der Waals surface area contributed by atoms with Gasteiger partial charge >= 0.3 is 0 Å². The lowest BCUT2D eigenvalue weighted by atomic mass is 9.99. The number of amidine groups is 1. The number of benzene rings is 10. The van der Waals surface area contributed by atoms with Crippen LogP contribution in [-0.4, -0.2) is 27.7 Å². The summed E-state index contributed by atoms with van der Waals surface area (Å²) in [5.74, 6) is 0.681. The molecular formula is C65H46N4. The first kappa shape index (κ1) is 41.3. The van der Waals surface area contributed by atoms with Crippen LogP contribution in [0.25, 0.3) is 94.4 Å². The topological polar surface area (TPSA) is 34.6 Å². The number of allylic oxidation sites excluding steroid dienone is 1. The molecule has 4 heteroatoms. The first-order valence-electron chi connectivity index (χ1n) is 23.5. The van der Waals surface area contributed by atoms with Crippen molar-refractivity contribution in [2.45, 2.75) is 0 Å². The van der Waals surface area contributed by atoms with Crippen molar-refractivity contribution >= 4 is 61.2 Å². The number of fused-ring (bicyclic) bond motifs is 6. The molecule has 0 unspecified atom stereocenters. The van der Waals surface area contributed by atoms with Crippen LogP contribution >= 0.6 is 0 Å². The van der Waals surface area contributed by atoms with Gasteiger partial charge in [-0.2, -0.15) is 0 Å². The number of hydrogen-bond acceptors (Lipinski definition) is 1. The summed E-state index contributed by atoms with van der Waals surface area (Å²) in [6.07, 6.45) is 4.26. The van der Waals surface area contributed by atoms with Crippen LogP contribution in [-0.2, 0) is 0 Å². The molecule has 2 aromatic heterocycles. The molecule has 12 rings (SSSR count). The monoisotopic (exact) mass is 882 g/mol. The average molecular weight is 883 g/mol. The number of rotatable bonds is 9. The highest BCUT2D eigenvalue weighted by Gasteiger charge is 2.18. The molecule has 0 N–H and O–H groups in total. The Hall–Kier alpha value is -9.12. The molecule has 0 bridgehead atoms. The molecule has 0 amide bonds. The molecule has 0 radical (unpaired) electrons. The van der Waals surface area contributed by atoms with E-state index in [0.29, 0.717) is 5.84 Å². The van der Waals surface area contributed by atoms with Crippen molar-refractivity contribution < 1.29 is 0 Å². The Morgan fingerprint density at radius 2 is 0.913 bits per heavy atom. The zero-order valence-corrected chi connectivity index (χ0v) is 38.1. The van der Waals surface area contributed by atoms with Crippen LogP contribution in [0.2, 0.25) is 0 Å². The molecule has 12 aromatic rings. The average Bonchev–Trinajstić information content (AvgIpc) is 3.95. The zero-order chi connectivity index (χ0) is 46.1. The lowest BCUT2D eigenvalue weighted by molar-refractivity contribution is 1.18. The molecule has 0 atom stereocenters. The minimum atomic E-state index is 0.681. The second-order valence-electron chi connectivity index (χ2n) is 17.3. The predicted molar refractivity (Wildman–Crippen MR) is 292 cm³/mol. The number of nitrogens with zero attached hydrogens (tertiary/aromatic N) is 4. The Morgan fingerprint density at radius 3 is 1.67 bits per heavy atom. The molecule has 0 saturated carbocycles. The summed E-state index contributed by atoms with van der Waals surface area (Å²) in [6, 6.07) is 88.8. The van der Waals surface area contributed by atoms with Gasteiger partial charge in [-0.25, -0.2) is 4.99 Å². The maximum Gasteiger partial charge on any atom is 0.154 e. The summed E-state index contributed by atoms with van der Waals surface area (Å²) in [7, 11) is 1.80. The number of aliphatic imine (C=N–C) groups is 2. The molecule has 0 spiro atoms. The van der Waals surface area contributed by atoms with Crippen LogP contribution in [0.15, 0.2) is 265 Å². The van der Waals surface area contributed by atoms with E-state index < -0.39 is 0 Å². The van der Waals surface area contributed by atoms with Gasteiger partial charge in [0.1, 0.15) is 0 Å². The highest BCUT2D eigenvalue weighted by molar-refractivity contribution is 6.19. The maximum atomic E-state index is 5.15. The van der Waals surface area contributed by atoms with E-state index in [1.807, 2.05) is 36.4 Å². The molecule has 0 fully saturated rings. The second-order valence-corrected chi connectivity index (χ2v) is 17.3. The van der Waals surface area contributed by atoms with Crippen LogP contribution in [0.3, 0.4) is 0 Å². The lowest BCUT2D eigenvalue weighted by Crippen LogP contribution is -2.05. The third-order valence-electron chi connectivity index (χ3n) is 13.2. The quantitative estimate of drug-likeness (QED) is 0.102. The summed E-state index contributed by atoms with van der Waals surface area (Å²) >= 11 is 0. The van der Waals surface area contributed by atoms with Gasteiger partial charge in [-0.3, -0.25) is 4.99 Å². The van der Waals surface area contributed by atoms with E-state index in [-0.39, 0.29) is 0 Å². The minimum Gasteiger partial charge on any atom is -0.309 e. The van der Waals surface area contributed by atoms with Crippen LogP contribution in [0.4, 0.5) is 0 Å². The van der Waals surface area contributed by atoms with Crippen molar-refractivity contribution in [3.8, 4) is 44.8 Å². The Balaban J connectivity index is 0.885. The van der Waals surface area contributed by atoms with E-state index in [1.54, 1.807) is 7.05 Å². The summed E-state index contributed by atoms with van der Waals surface area (Å²) in [6.45, 7) is 0. The van der Waals surface area contributed by atoms with Gasteiger partial charge in [0, 0.05) is 51.1 Å². The van der Waals surface area contributed by atoms with E-state index in [1.165, 1.54) is 60.3 Å². The first-order chi connectivity index (χ1) is 34.2. The number of hydrogen-bond donors (Lipinski definition) is 0. The van der Waals surface area contributed by atoms with E-state index in [9.17, 15) is 0 Å². The molecule has 0 saturated heterocycles. The fourth-order valence-corrected chi connectivity index (χ4v) is 9.94. The van der Waals surface area contributed by atoms with Crippen LogP contribution in [0, 0.1) is 0 Å². The van der Waals surface area contributed by atoms with Crippen molar-refractivity contribution in [3.05, 3.63) is 271 Å². The fourth-order valence-electron chi connectivity index (χ4n) is 9.94. The van der Waals surface area contributed by atoms with Gasteiger partial charge in [0.05, 0.1) is 27.8 Å². The highest BCUT2D eigenvalue weighted by atomic mass is 15.0. The van der Waals surface area contributed by atoms with Gasteiger partial charge in [0.15, 0.2) is 5.84 Å². The summed E-state index contributed by atoms with van der Waals surface area (Å²) < 4.78 is 4.78. The van der Waals surface area contributed by atoms with Crippen molar-refractivity contribution in [2.24, 2.45) is 9.98 Å². The van der Waals surface area contributed by atoms with Gasteiger partial charge in [-0.15, -0.1) is 0 Å². The van der Waals surface area contributed by atoms with Crippen LogP contribution in [0.1, 0.15) is 16.7 Å². The summed E-state index contributed by atoms with van der Waals surface area (Å²) in [4.78, 5) is 9.76.